The highest BCUT2D eigenvalue weighted by Gasteiger charge is 2.05. The zero-order valence-corrected chi connectivity index (χ0v) is 9.18. The van der Waals surface area contributed by atoms with Crippen LogP contribution in [0.4, 0.5) is 5.69 Å². The Labute approximate surface area is 94.3 Å². The maximum atomic E-state index is 11.3. The highest BCUT2D eigenvalue weighted by molar-refractivity contribution is 5.72. The molecular weight excluding hydrogens is 208 g/mol. The second-order valence-electron chi connectivity index (χ2n) is 3.42. The lowest BCUT2D eigenvalue weighted by Gasteiger charge is -2.08. The lowest BCUT2D eigenvalue weighted by atomic mass is 10.1. The molecule has 0 saturated carbocycles. The second-order valence-corrected chi connectivity index (χ2v) is 3.42. The zero-order chi connectivity index (χ0) is 12.0. The van der Waals surface area contributed by atoms with Gasteiger partial charge in [0.25, 0.3) is 0 Å². The van der Waals surface area contributed by atoms with Crippen LogP contribution in [-0.2, 0) is 20.7 Å². The number of ether oxygens (including phenoxy) is 2. The van der Waals surface area contributed by atoms with Gasteiger partial charge in [-0.3, -0.25) is 4.79 Å². The Morgan fingerprint density at radius 3 is 2.56 bits per heavy atom. The van der Waals surface area contributed by atoms with Gasteiger partial charge < -0.3 is 20.9 Å². The molecule has 5 heteroatoms. The Morgan fingerprint density at radius 1 is 1.38 bits per heavy atom. The Hall–Kier alpha value is -1.59. The fourth-order valence-corrected chi connectivity index (χ4v) is 1.06. The van der Waals surface area contributed by atoms with Crippen LogP contribution in [-0.4, -0.2) is 19.0 Å². The van der Waals surface area contributed by atoms with Crippen LogP contribution in [0, 0.1) is 0 Å². The molecule has 0 aromatic heterocycles. The molecule has 16 heavy (non-hydrogen) atoms. The number of carbonyl (C=O) groups excluding carboxylic acids is 1. The van der Waals surface area contributed by atoms with Crippen LogP contribution in [0.5, 0.6) is 0 Å². The van der Waals surface area contributed by atoms with Gasteiger partial charge in [0, 0.05) is 5.69 Å². The van der Waals surface area contributed by atoms with Gasteiger partial charge in [-0.15, -0.1) is 0 Å². The number of nitrogen functional groups attached to an aromatic ring is 1. The molecule has 1 unspecified atom stereocenters. The predicted molar refractivity (Wildman–Crippen MR) is 60.3 cm³/mol. The third-order valence-corrected chi connectivity index (χ3v) is 1.88. The van der Waals surface area contributed by atoms with Crippen molar-refractivity contribution in [2.75, 3.05) is 12.5 Å². The minimum atomic E-state index is -0.440. The molecule has 1 rings (SSSR count). The van der Waals surface area contributed by atoms with E-state index in [1.807, 2.05) is 0 Å². The molecular formula is C11H16N2O3. The van der Waals surface area contributed by atoms with Crippen molar-refractivity contribution in [1.29, 1.82) is 0 Å². The Morgan fingerprint density at radius 2 is 2.00 bits per heavy atom. The van der Waals surface area contributed by atoms with Gasteiger partial charge in [0.15, 0.2) is 6.79 Å². The maximum Gasteiger partial charge on any atom is 0.312 e. The lowest BCUT2D eigenvalue weighted by Crippen LogP contribution is -2.22. The minimum Gasteiger partial charge on any atom is -0.438 e. The highest BCUT2D eigenvalue weighted by atomic mass is 16.7. The van der Waals surface area contributed by atoms with E-state index < -0.39 is 6.23 Å². The molecule has 0 bridgehead atoms. The number of rotatable bonds is 5. The molecule has 0 saturated heterocycles. The average Bonchev–Trinajstić information content (AvgIpc) is 2.21. The van der Waals surface area contributed by atoms with E-state index in [2.05, 4.69) is 0 Å². The number of anilines is 1. The molecule has 4 N–H and O–H groups in total. The first kappa shape index (κ1) is 12.5. The van der Waals surface area contributed by atoms with Gasteiger partial charge in [-0.25, -0.2) is 0 Å². The van der Waals surface area contributed by atoms with E-state index in [0.717, 1.165) is 5.56 Å². The topological polar surface area (TPSA) is 87.6 Å². The van der Waals surface area contributed by atoms with Crippen LogP contribution in [0.25, 0.3) is 0 Å². The van der Waals surface area contributed by atoms with Gasteiger partial charge in [0.2, 0.25) is 0 Å². The molecule has 1 aromatic carbocycles. The molecule has 0 radical (unpaired) electrons. The van der Waals surface area contributed by atoms with E-state index >= 15 is 0 Å². The highest BCUT2D eigenvalue weighted by Crippen LogP contribution is 2.06. The summed E-state index contributed by atoms with van der Waals surface area (Å²) >= 11 is 0. The smallest absolute Gasteiger partial charge is 0.312 e. The van der Waals surface area contributed by atoms with E-state index in [-0.39, 0.29) is 19.2 Å². The summed E-state index contributed by atoms with van der Waals surface area (Å²) in [6, 6.07) is 7.04. The summed E-state index contributed by atoms with van der Waals surface area (Å²) in [6.07, 6.45) is -0.243. The molecule has 0 heterocycles. The van der Waals surface area contributed by atoms with E-state index in [0.29, 0.717) is 5.69 Å². The van der Waals surface area contributed by atoms with Crippen LogP contribution in [0.2, 0.25) is 0 Å². The average molecular weight is 224 g/mol. The quantitative estimate of drug-likeness (QED) is 0.435. The van der Waals surface area contributed by atoms with Crippen molar-refractivity contribution >= 4 is 11.7 Å². The van der Waals surface area contributed by atoms with Crippen LogP contribution < -0.4 is 11.5 Å². The summed E-state index contributed by atoms with van der Waals surface area (Å²) in [5, 5.41) is 0. The Balaban J connectivity index is 2.31. The second kappa shape index (κ2) is 6.09. The van der Waals surface area contributed by atoms with Gasteiger partial charge in [0.1, 0.15) is 6.23 Å². The number of hydrogen-bond acceptors (Lipinski definition) is 5. The standard InChI is InChI=1S/C11H16N2O3/c1-8(12)15-7-16-11(14)6-9-2-4-10(13)5-3-9/h2-5,8H,6-7,12-13H2,1H3. The van der Waals surface area contributed by atoms with Crippen LogP contribution >= 0.6 is 0 Å². The number of carbonyl (C=O) groups is 1. The molecule has 0 aliphatic rings. The molecule has 1 atom stereocenters. The van der Waals surface area contributed by atoms with Crippen molar-refractivity contribution in [2.45, 2.75) is 19.6 Å². The van der Waals surface area contributed by atoms with Crippen molar-refractivity contribution in [3.05, 3.63) is 29.8 Å². The summed E-state index contributed by atoms with van der Waals surface area (Å²) < 4.78 is 9.70. The summed E-state index contributed by atoms with van der Waals surface area (Å²) in [5.41, 5.74) is 12.4. The van der Waals surface area contributed by atoms with Crippen LogP contribution in [0.15, 0.2) is 24.3 Å². The van der Waals surface area contributed by atoms with Gasteiger partial charge in [-0.05, 0) is 24.6 Å². The van der Waals surface area contributed by atoms with Gasteiger partial charge >= 0.3 is 5.97 Å². The lowest BCUT2D eigenvalue weighted by molar-refractivity contribution is -0.158. The van der Waals surface area contributed by atoms with Crippen molar-refractivity contribution in [2.24, 2.45) is 5.73 Å². The van der Waals surface area contributed by atoms with Crippen molar-refractivity contribution in [3.63, 3.8) is 0 Å². The summed E-state index contributed by atoms with van der Waals surface area (Å²) in [4.78, 5) is 11.3. The van der Waals surface area contributed by atoms with Crippen LogP contribution in [0.3, 0.4) is 0 Å². The minimum absolute atomic E-state index is 0.120. The molecule has 0 aliphatic heterocycles. The van der Waals surface area contributed by atoms with Gasteiger partial charge in [-0.2, -0.15) is 0 Å². The largest absolute Gasteiger partial charge is 0.438 e. The Kier molecular flexibility index (Phi) is 4.75. The first-order valence-electron chi connectivity index (χ1n) is 4.95. The van der Waals surface area contributed by atoms with E-state index in [1.165, 1.54) is 0 Å². The normalized spacial score (nSPS) is 12.1. The number of hydrogen-bond donors (Lipinski definition) is 2. The Bertz CT molecular complexity index is 336. The van der Waals surface area contributed by atoms with Gasteiger partial charge in [0.05, 0.1) is 6.42 Å². The van der Waals surface area contributed by atoms with Crippen molar-refractivity contribution in [3.8, 4) is 0 Å². The number of benzene rings is 1. The first-order valence-corrected chi connectivity index (χ1v) is 4.95. The molecule has 5 nitrogen and oxygen atoms in total. The molecule has 88 valence electrons. The molecule has 0 spiro atoms. The number of nitrogens with two attached hydrogens (primary N) is 2. The third kappa shape index (κ3) is 4.77. The van der Waals surface area contributed by atoms with E-state index in [4.69, 9.17) is 20.9 Å². The van der Waals surface area contributed by atoms with Gasteiger partial charge in [-0.1, -0.05) is 12.1 Å². The molecule has 1 aromatic rings. The fourth-order valence-electron chi connectivity index (χ4n) is 1.06. The van der Waals surface area contributed by atoms with Crippen molar-refractivity contribution in [1.82, 2.24) is 0 Å². The van der Waals surface area contributed by atoms with E-state index in [1.54, 1.807) is 31.2 Å². The summed E-state index contributed by atoms with van der Waals surface area (Å²) in [5.74, 6) is -0.356. The van der Waals surface area contributed by atoms with Crippen molar-refractivity contribution < 1.29 is 14.3 Å². The van der Waals surface area contributed by atoms with Crippen LogP contribution in [0.1, 0.15) is 12.5 Å². The van der Waals surface area contributed by atoms with E-state index in [9.17, 15) is 4.79 Å². The maximum absolute atomic E-state index is 11.3. The molecule has 0 amide bonds. The number of esters is 1. The fraction of sp³-hybridized carbons (Fsp3) is 0.364. The third-order valence-electron chi connectivity index (χ3n) is 1.88. The summed E-state index contributed by atoms with van der Waals surface area (Å²) in [7, 11) is 0. The monoisotopic (exact) mass is 224 g/mol. The first-order chi connectivity index (χ1) is 7.58. The molecule has 0 aliphatic carbocycles. The predicted octanol–water partition coefficient (Wildman–Crippen LogP) is 0.633. The molecule has 0 fully saturated rings. The summed E-state index contributed by atoms with van der Waals surface area (Å²) in [6.45, 7) is 1.54. The zero-order valence-electron chi connectivity index (χ0n) is 9.18. The SMILES string of the molecule is CC(N)OCOC(=O)Cc1ccc(N)cc1.